The molecule has 1 N–H and O–H groups in total. The molecule has 0 aromatic rings. The monoisotopic (exact) mass is 380 g/mol. The summed E-state index contributed by atoms with van der Waals surface area (Å²) >= 11 is 0. The largest absolute Gasteiger partial charge is 0.462 e. The predicted octanol–water partition coefficient (Wildman–Crippen LogP) is 2.46. The highest BCUT2D eigenvalue weighted by Gasteiger charge is 2.76. The van der Waals surface area contributed by atoms with Gasteiger partial charge in [-0.1, -0.05) is 34.1 Å². The Labute approximate surface area is 160 Å². The molecule has 10 atom stereocenters. The molecular weight excluding hydrogens is 348 g/mol. The van der Waals surface area contributed by atoms with E-state index >= 15 is 0 Å². The summed E-state index contributed by atoms with van der Waals surface area (Å²) < 4.78 is 17.8. The molecule has 2 heterocycles. The molecule has 0 aromatic heterocycles. The maximum Gasteiger partial charge on any atom is 0.309 e. The van der Waals surface area contributed by atoms with E-state index in [1.54, 1.807) is 0 Å². The van der Waals surface area contributed by atoms with Gasteiger partial charge in [-0.05, 0) is 19.3 Å². The highest BCUT2D eigenvalue weighted by atomic mass is 16.6. The number of epoxide rings is 1. The number of ether oxygens (including phenoxy) is 3. The van der Waals surface area contributed by atoms with Crippen molar-refractivity contribution in [2.75, 3.05) is 0 Å². The van der Waals surface area contributed by atoms with Crippen molar-refractivity contribution in [3.63, 3.8) is 0 Å². The van der Waals surface area contributed by atoms with Crippen LogP contribution in [-0.4, -0.2) is 47.1 Å². The molecule has 2 aliphatic carbocycles. The summed E-state index contributed by atoms with van der Waals surface area (Å²) in [5.41, 5.74) is -1.11. The Morgan fingerprint density at radius 3 is 2.74 bits per heavy atom. The first-order valence-electron chi connectivity index (χ1n) is 10.4. The summed E-state index contributed by atoms with van der Waals surface area (Å²) in [6, 6.07) is 0. The lowest BCUT2D eigenvalue weighted by Gasteiger charge is -2.56. The van der Waals surface area contributed by atoms with Gasteiger partial charge in [0.15, 0.2) is 0 Å². The fraction of sp³-hybridized carbons (Fsp3) is 0.905. The van der Waals surface area contributed by atoms with Gasteiger partial charge in [-0.3, -0.25) is 9.59 Å². The van der Waals surface area contributed by atoms with E-state index in [1.165, 1.54) is 0 Å². The summed E-state index contributed by atoms with van der Waals surface area (Å²) in [5, 5.41) is 11.0. The predicted molar refractivity (Wildman–Crippen MR) is 96.6 cm³/mol. The third-order valence-corrected chi connectivity index (χ3v) is 8.10. The van der Waals surface area contributed by atoms with Gasteiger partial charge in [0, 0.05) is 30.1 Å². The Morgan fingerprint density at radius 1 is 1.37 bits per heavy atom. The van der Waals surface area contributed by atoms with Crippen LogP contribution in [0, 0.1) is 29.1 Å². The maximum absolute atomic E-state index is 12.6. The van der Waals surface area contributed by atoms with Crippen molar-refractivity contribution in [2.24, 2.45) is 29.1 Å². The van der Waals surface area contributed by atoms with Crippen LogP contribution in [-0.2, 0) is 23.8 Å². The first-order chi connectivity index (χ1) is 12.6. The van der Waals surface area contributed by atoms with Gasteiger partial charge in [-0.15, -0.1) is 0 Å². The van der Waals surface area contributed by atoms with Crippen molar-refractivity contribution in [3.05, 3.63) is 0 Å². The lowest BCUT2D eigenvalue weighted by atomic mass is 9.51. The zero-order valence-electron chi connectivity index (χ0n) is 16.9. The molecule has 0 amide bonds. The van der Waals surface area contributed by atoms with E-state index < -0.39 is 23.2 Å². The van der Waals surface area contributed by atoms with Crippen molar-refractivity contribution in [1.82, 2.24) is 0 Å². The van der Waals surface area contributed by atoms with Crippen molar-refractivity contribution in [1.29, 1.82) is 0 Å². The Balaban J connectivity index is 1.66. The number of aliphatic hydroxyl groups excluding tert-OH is 1. The smallest absolute Gasteiger partial charge is 0.309 e. The third kappa shape index (κ3) is 2.66. The van der Waals surface area contributed by atoms with Crippen LogP contribution >= 0.6 is 0 Å². The quantitative estimate of drug-likeness (QED) is 0.596. The van der Waals surface area contributed by atoms with Gasteiger partial charge in [-0.25, -0.2) is 0 Å². The van der Waals surface area contributed by atoms with Gasteiger partial charge in [0.25, 0.3) is 0 Å². The molecule has 0 aromatic carbocycles. The van der Waals surface area contributed by atoms with E-state index in [1.807, 2.05) is 27.7 Å². The number of rotatable bonds is 4. The molecule has 0 spiro atoms. The number of fused-ring (bicyclic) bond motifs is 5. The number of carbonyl (C=O) groups is 2. The van der Waals surface area contributed by atoms with E-state index in [-0.39, 0.29) is 47.8 Å². The van der Waals surface area contributed by atoms with Crippen LogP contribution in [0.15, 0.2) is 0 Å². The van der Waals surface area contributed by atoms with Crippen LogP contribution < -0.4 is 0 Å². The van der Waals surface area contributed by atoms with Crippen LogP contribution in [0.1, 0.15) is 60.3 Å². The Bertz CT molecular complexity index is 649. The SMILES string of the molecule is CCC(C)CC(=O)O[C@@H]1CC2[C@H](C)C(=O)O[C@@H]2[C@H]2[C@]3(C)O[C@@H]3C[C@H](O)[C@]12C. The highest BCUT2D eigenvalue weighted by Crippen LogP contribution is 2.66. The average Bonchev–Trinajstić information content (AvgIpc) is 3.17. The number of hydrogen-bond donors (Lipinski definition) is 1. The van der Waals surface area contributed by atoms with Gasteiger partial charge in [0.2, 0.25) is 0 Å². The van der Waals surface area contributed by atoms with Crippen molar-refractivity contribution in [3.8, 4) is 0 Å². The first-order valence-corrected chi connectivity index (χ1v) is 10.4. The lowest BCUT2D eigenvalue weighted by Crippen LogP contribution is -2.65. The van der Waals surface area contributed by atoms with Crippen molar-refractivity contribution in [2.45, 2.75) is 90.3 Å². The summed E-state index contributed by atoms with van der Waals surface area (Å²) in [6.45, 7) is 10.0. The van der Waals surface area contributed by atoms with Crippen LogP contribution in [0.3, 0.4) is 0 Å². The Morgan fingerprint density at radius 2 is 2.07 bits per heavy atom. The average molecular weight is 380 g/mol. The molecule has 152 valence electrons. The van der Waals surface area contributed by atoms with Gasteiger partial charge < -0.3 is 19.3 Å². The molecular formula is C21H32O6. The van der Waals surface area contributed by atoms with Crippen LogP contribution in [0.25, 0.3) is 0 Å². The minimum atomic E-state index is -0.682. The molecule has 0 radical (unpaired) electrons. The van der Waals surface area contributed by atoms with Crippen molar-refractivity contribution < 1.29 is 28.9 Å². The number of hydrogen-bond acceptors (Lipinski definition) is 6. The van der Waals surface area contributed by atoms with E-state index in [9.17, 15) is 14.7 Å². The van der Waals surface area contributed by atoms with E-state index in [0.717, 1.165) is 6.42 Å². The van der Waals surface area contributed by atoms with Crippen LogP contribution in [0.2, 0.25) is 0 Å². The van der Waals surface area contributed by atoms with Crippen LogP contribution in [0.5, 0.6) is 0 Å². The van der Waals surface area contributed by atoms with Gasteiger partial charge in [-0.2, -0.15) is 0 Å². The van der Waals surface area contributed by atoms with Crippen LogP contribution in [0.4, 0.5) is 0 Å². The molecule has 2 aliphatic heterocycles. The van der Waals surface area contributed by atoms with E-state index in [2.05, 4.69) is 6.92 Å². The molecule has 6 heteroatoms. The third-order valence-electron chi connectivity index (χ3n) is 8.10. The first kappa shape index (κ1) is 19.2. The summed E-state index contributed by atoms with van der Waals surface area (Å²) in [5.74, 6) is -0.564. The number of aliphatic hydroxyl groups is 1. The van der Waals surface area contributed by atoms with Gasteiger partial charge >= 0.3 is 11.9 Å². The topological polar surface area (TPSA) is 85.4 Å². The molecule has 27 heavy (non-hydrogen) atoms. The molecule has 4 aliphatic rings. The normalized spacial score (nSPS) is 51.5. The summed E-state index contributed by atoms with van der Waals surface area (Å²) in [7, 11) is 0. The van der Waals surface area contributed by atoms with Crippen molar-refractivity contribution >= 4 is 11.9 Å². The fourth-order valence-electron chi connectivity index (χ4n) is 5.96. The second kappa shape index (κ2) is 6.18. The maximum atomic E-state index is 12.6. The number of carbonyl (C=O) groups excluding carboxylic acids is 2. The minimum absolute atomic E-state index is 0.0102. The molecule has 0 bridgehead atoms. The second-order valence-corrected chi connectivity index (χ2v) is 9.67. The Hall–Kier alpha value is -1.14. The zero-order chi connectivity index (χ0) is 19.7. The highest BCUT2D eigenvalue weighted by molar-refractivity contribution is 5.75. The van der Waals surface area contributed by atoms with Gasteiger partial charge in [0.05, 0.1) is 23.7 Å². The standard InChI is InChI=1S/C21H32O6/c1-6-10(2)7-16(23)25-14-8-12-11(3)19(24)26-17(12)18-20(14,4)13(22)9-15-21(18,5)27-15/h10-15,17-18,22H,6-9H2,1-5H3/t10?,11-,12?,13-,14+,15+,17-,18+,20+,21+/m0/s1. The van der Waals surface area contributed by atoms with Gasteiger partial charge in [0.1, 0.15) is 12.2 Å². The minimum Gasteiger partial charge on any atom is -0.462 e. The molecule has 2 unspecified atom stereocenters. The lowest BCUT2D eigenvalue weighted by molar-refractivity contribution is -0.212. The van der Waals surface area contributed by atoms with E-state index in [4.69, 9.17) is 14.2 Å². The summed E-state index contributed by atoms with van der Waals surface area (Å²) in [4.78, 5) is 24.9. The molecule has 2 saturated heterocycles. The molecule has 2 saturated carbocycles. The molecule has 4 fully saturated rings. The summed E-state index contributed by atoms with van der Waals surface area (Å²) in [6.07, 6.45) is 0.981. The molecule has 6 nitrogen and oxygen atoms in total. The Kier molecular flexibility index (Phi) is 4.39. The van der Waals surface area contributed by atoms with E-state index in [0.29, 0.717) is 19.3 Å². The second-order valence-electron chi connectivity index (χ2n) is 9.67. The fourth-order valence-corrected chi connectivity index (χ4v) is 5.96. The molecule has 4 rings (SSSR count). The number of esters is 2. The zero-order valence-corrected chi connectivity index (χ0v) is 16.9.